The lowest BCUT2D eigenvalue weighted by Gasteiger charge is -2.10. The van der Waals surface area contributed by atoms with Gasteiger partial charge in [0, 0.05) is 26.7 Å². The van der Waals surface area contributed by atoms with Crippen molar-refractivity contribution < 1.29 is 4.79 Å². The first-order chi connectivity index (χ1) is 9.54. The Hall–Kier alpha value is -1.18. The van der Waals surface area contributed by atoms with E-state index in [0.717, 1.165) is 14.7 Å². The number of amides is 1. The lowest BCUT2D eigenvalue weighted by atomic mass is 10.2. The van der Waals surface area contributed by atoms with Crippen LogP contribution in [0.2, 0.25) is 0 Å². The summed E-state index contributed by atoms with van der Waals surface area (Å²) in [4.78, 5) is 20.2. The minimum atomic E-state index is -0.0392. The van der Waals surface area contributed by atoms with Gasteiger partial charge in [0.2, 0.25) is 0 Å². The number of rotatable bonds is 5. The molecular formula is C13H18N4OS2. The van der Waals surface area contributed by atoms with Crippen molar-refractivity contribution in [2.75, 3.05) is 25.5 Å². The molecule has 7 heteroatoms. The average molecular weight is 310 g/mol. The second kappa shape index (κ2) is 5.31. The van der Waals surface area contributed by atoms with Crippen LogP contribution in [0.25, 0.3) is 9.53 Å². The Morgan fingerprint density at radius 2 is 2.30 bits per heavy atom. The molecule has 1 saturated carbocycles. The minimum absolute atomic E-state index is 0.0392. The van der Waals surface area contributed by atoms with Crippen LogP contribution in [0, 0.1) is 5.92 Å². The highest BCUT2D eigenvalue weighted by Gasteiger charge is 2.28. The zero-order valence-electron chi connectivity index (χ0n) is 11.5. The maximum Gasteiger partial charge on any atom is 0.261 e. The van der Waals surface area contributed by atoms with Crippen LogP contribution in [0.15, 0.2) is 6.07 Å². The fourth-order valence-corrected chi connectivity index (χ4v) is 4.07. The molecule has 1 amide bonds. The van der Waals surface area contributed by atoms with Crippen LogP contribution >= 0.6 is 22.7 Å². The summed E-state index contributed by atoms with van der Waals surface area (Å²) in [5, 5.41) is 3.89. The van der Waals surface area contributed by atoms with Gasteiger partial charge < -0.3 is 16.0 Å². The number of thiophene rings is 1. The second-order valence-corrected chi connectivity index (χ2v) is 7.42. The lowest BCUT2D eigenvalue weighted by Crippen LogP contribution is -2.38. The van der Waals surface area contributed by atoms with Gasteiger partial charge in [0.1, 0.15) is 4.83 Å². The molecule has 1 aliphatic rings. The first kappa shape index (κ1) is 13.8. The van der Waals surface area contributed by atoms with Crippen molar-refractivity contribution in [1.29, 1.82) is 0 Å². The minimum Gasteiger partial charge on any atom is -0.354 e. The third-order valence-electron chi connectivity index (χ3n) is 3.41. The molecule has 3 N–H and O–H groups in total. The maximum absolute atomic E-state index is 12.1. The Bertz CT molecular complexity index is 598. The van der Waals surface area contributed by atoms with Gasteiger partial charge in [0.05, 0.1) is 9.58 Å². The quantitative estimate of drug-likeness (QED) is 0.885. The van der Waals surface area contributed by atoms with E-state index in [0.29, 0.717) is 17.3 Å². The molecule has 1 fully saturated rings. The molecule has 0 saturated heterocycles. The van der Waals surface area contributed by atoms with E-state index in [2.05, 4.69) is 10.3 Å². The van der Waals surface area contributed by atoms with Crippen molar-refractivity contribution in [2.24, 2.45) is 11.7 Å². The standard InChI is InChI=1S/C13H18N4OS2/c1-17(2)13-16-12-10(20-13)5-9(19-12)11(18)15-6-8(14)7-3-4-7/h5,7-8H,3-4,6,14H2,1-2H3,(H,15,18). The van der Waals surface area contributed by atoms with Crippen LogP contribution in [0.5, 0.6) is 0 Å². The number of carbonyl (C=O) groups is 1. The summed E-state index contributed by atoms with van der Waals surface area (Å²) in [5.74, 6) is 0.564. The van der Waals surface area contributed by atoms with Crippen molar-refractivity contribution in [3.05, 3.63) is 10.9 Å². The Labute approximate surface area is 125 Å². The van der Waals surface area contributed by atoms with Crippen molar-refractivity contribution in [2.45, 2.75) is 18.9 Å². The van der Waals surface area contributed by atoms with Gasteiger partial charge in [-0.25, -0.2) is 4.98 Å². The summed E-state index contributed by atoms with van der Waals surface area (Å²) in [5.41, 5.74) is 5.99. The van der Waals surface area contributed by atoms with Gasteiger partial charge >= 0.3 is 0 Å². The molecule has 0 radical (unpaired) electrons. The van der Waals surface area contributed by atoms with Crippen LogP contribution in [-0.4, -0.2) is 37.6 Å². The number of fused-ring (bicyclic) bond motifs is 1. The molecule has 1 atom stereocenters. The molecule has 20 heavy (non-hydrogen) atoms. The first-order valence-electron chi connectivity index (χ1n) is 6.66. The van der Waals surface area contributed by atoms with Crippen molar-refractivity contribution in [3.8, 4) is 0 Å². The predicted molar refractivity (Wildman–Crippen MR) is 84.9 cm³/mol. The molecule has 1 aliphatic carbocycles. The summed E-state index contributed by atoms with van der Waals surface area (Å²) in [6, 6.07) is 2.02. The van der Waals surface area contributed by atoms with E-state index < -0.39 is 0 Å². The monoisotopic (exact) mass is 310 g/mol. The molecule has 108 valence electrons. The number of nitrogens with one attached hydrogen (secondary N) is 1. The molecule has 0 spiro atoms. The Balaban J connectivity index is 1.66. The van der Waals surface area contributed by atoms with E-state index >= 15 is 0 Å². The van der Waals surface area contributed by atoms with Crippen LogP contribution in [0.3, 0.4) is 0 Å². The third-order valence-corrected chi connectivity index (χ3v) is 5.74. The lowest BCUT2D eigenvalue weighted by molar-refractivity contribution is 0.0954. The summed E-state index contributed by atoms with van der Waals surface area (Å²) < 4.78 is 1.07. The topological polar surface area (TPSA) is 71.2 Å². The van der Waals surface area contributed by atoms with E-state index in [1.807, 2.05) is 25.1 Å². The molecule has 0 bridgehead atoms. The molecule has 2 heterocycles. The highest BCUT2D eigenvalue weighted by atomic mass is 32.1. The molecule has 2 aromatic heterocycles. The fraction of sp³-hybridized carbons (Fsp3) is 0.538. The summed E-state index contributed by atoms with van der Waals surface area (Å²) in [7, 11) is 3.94. The smallest absolute Gasteiger partial charge is 0.261 e. The third kappa shape index (κ3) is 2.79. The average Bonchev–Trinajstić information content (AvgIpc) is 3.05. The number of carbonyl (C=O) groups excluding carboxylic acids is 1. The molecule has 2 aromatic rings. The van der Waals surface area contributed by atoms with Gasteiger partial charge in [-0.15, -0.1) is 11.3 Å². The number of thiazole rings is 1. The van der Waals surface area contributed by atoms with Gasteiger partial charge in [-0.2, -0.15) is 0 Å². The SMILES string of the molecule is CN(C)c1nc2sc(C(=O)NCC(N)C3CC3)cc2s1. The highest BCUT2D eigenvalue weighted by Crippen LogP contribution is 2.34. The number of nitrogens with two attached hydrogens (primary N) is 1. The number of aromatic nitrogens is 1. The zero-order chi connectivity index (χ0) is 14.3. The summed E-state index contributed by atoms with van der Waals surface area (Å²) in [6.07, 6.45) is 2.39. The van der Waals surface area contributed by atoms with E-state index in [1.165, 1.54) is 24.2 Å². The molecule has 3 rings (SSSR count). The van der Waals surface area contributed by atoms with Gasteiger partial charge in [0.15, 0.2) is 5.13 Å². The first-order valence-corrected chi connectivity index (χ1v) is 8.29. The van der Waals surface area contributed by atoms with E-state index in [1.54, 1.807) is 11.3 Å². The maximum atomic E-state index is 12.1. The van der Waals surface area contributed by atoms with E-state index in [-0.39, 0.29) is 11.9 Å². The van der Waals surface area contributed by atoms with Crippen molar-refractivity contribution in [1.82, 2.24) is 10.3 Å². The Kier molecular flexibility index (Phi) is 3.66. The number of hydrogen-bond donors (Lipinski definition) is 2. The molecular weight excluding hydrogens is 292 g/mol. The van der Waals surface area contributed by atoms with Crippen LogP contribution in [0.1, 0.15) is 22.5 Å². The van der Waals surface area contributed by atoms with Crippen molar-refractivity contribution >= 4 is 43.2 Å². The van der Waals surface area contributed by atoms with Gasteiger partial charge in [0.25, 0.3) is 5.91 Å². The Morgan fingerprint density at radius 1 is 1.55 bits per heavy atom. The normalized spacial score (nSPS) is 16.4. The molecule has 0 aromatic carbocycles. The number of anilines is 1. The largest absolute Gasteiger partial charge is 0.354 e. The van der Waals surface area contributed by atoms with E-state index in [9.17, 15) is 4.79 Å². The zero-order valence-corrected chi connectivity index (χ0v) is 13.2. The molecule has 5 nitrogen and oxygen atoms in total. The predicted octanol–water partition coefficient (Wildman–Crippen LogP) is 1.89. The van der Waals surface area contributed by atoms with Crippen LogP contribution < -0.4 is 16.0 Å². The highest BCUT2D eigenvalue weighted by molar-refractivity contribution is 7.29. The summed E-state index contributed by atoms with van der Waals surface area (Å²) in [6.45, 7) is 0.561. The van der Waals surface area contributed by atoms with Gasteiger partial charge in [-0.3, -0.25) is 4.79 Å². The van der Waals surface area contributed by atoms with Crippen LogP contribution in [-0.2, 0) is 0 Å². The number of hydrogen-bond acceptors (Lipinski definition) is 6. The van der Waals surface area contributed by atoms with Crippen LogP contribution in [0.4, 0.5) is 5.13 Å². The van der Waals surface area contributed by atoms with E-state index in [4.69, 9.17) is 5.73 Å². The molecule has 0 aliphatic heterocycles. The fourth-order valence-electron chi connectivity index (χ4n) is 2.02. The Morgan fingerprint density at radius 3 is 2.90 bits per heavy atom. The second-order valence-electron chi connectivity index (χ2n) is 5.38. The van der Waals surface area contributed by atoms with Gasteiger partial charge in [-0.05, 0) is 24.8 Å². The number of nitrogens with zero attached hydrogens (tertiary/aromatic N) is 2. The van der Waals surface area contributed by atoms with Crippen molar-refractivity contribution in [3.63, 3.8) is 0 Å². The molecule has 1 unspecified atom stereocenters. The summed E-state index contributed by atoms with van der Waals surface area (Å²) >= 11 is 3.04. The van der Waals surface area contributed by atoms with Gasteiger partial charge in [-0.1, -0.05) is 11.3 Å².